The quantitative estimate of drug-likeness (QED) is 0.639. The molecule has 1 amide bonds. The molecular weight excluding hydrogens is 344 g/mol. The van der Waals surface area contributed by atoms with Gasteiger partial charge in [0.25, 0.3) is 0 Å². The molecule has 2 heterocycles. The minimum atomic E-state index is -0.480. The van der Waals surface area contributed by atoms with Gasteiger partial charge in [-0.3, -0.25) is 4.68 Å². The summed E-state index contributed by atoms with van der Waals surface area (Å²) < 4.78 is 7.37. The Hall–Kier alpha value is -2.25. The van der Waals surface area contributed by atoms with Gasteiger partial charge in [0.05, 0.1) is 12.2 Å². The van der Waals surface area contributed by atoms with E-state index in [1.54, 1.807) is 4.90 Å². The van der Waals surface area contributed by atoms with E-state index in [4.69, 9.17) is 10.5 Å². The first-order chi connectivity index (χ1) is 12.7. The van der Waals surface area contributed by atoms with Crippen LogP contribution in [0.4, 0.5) is 4.79 Å². The number of rotatable bonds is 4. The van der Waals surface area contributed by atoms with E-state index in [9.17, 15) is 4.79 Å². The molecule has 1 fully saturated rings. The molecule has 0 saturated carbocycles. The fourth-order valence-corrected chi connectivity index (χ4v) is 3.28. The predicted octanol–water partition coefficient (Wildman–Crippen LogP) is 1.91. The van der Waals surface area contributed by atoms with Crippen LogP contribution in [0.15, 0.2) is 4.99 Å². The summed E-state index contributed by atoms with van der Waals surface area (Å²) in [7, 11) is 1.98. The van der Waals surface area contributed by atoms with Crippen molar-refractivity contribution in [1.82, 2.24) is 19.6 Å². The number of nitrogens with two attached hydrogens (primary N) is 1. The molecule has 1 aromatic rings. The molecule has 1 aromatic heterocycles. The van der Waals surface area contributed by atoms with Gasteiger partial charge in [-0.2, -0.15) is 5.10 Å². The minimum absolute atomic E-state index is 0.270. The lowest BCUT2D eigenvalue weighted by molar-refractivity contribution is 0.0186. The third kappa shape index (κ3) is 5.37. The van der Waals surface area contributed by atoms with Crippen LogP contribution in [0.3, 0.4) is 0 Å². The highest BCUT2D eigenvalue weighted by Crippen LogP contribution is 2.17. The number of aryl methyl sites for hydroxylation is 2. The Morgan fingerprint density at radius 3 is 2.26 bits per heavy atom. The molecule has 0 bridgehead atoms. The van der Waals surface area contributed by atoms with Crippen LogP contribution in [-0.4, -0.2) is 63.4 Å². The molecule has 0 radical (unpaired) electrons. The van der Waals surface area contributed by atoms with Crippen molar-refractivity contribution in [2.45, 2.75) is 59.6 Å². The zero-order valence-electron chi connectivity index (χ0n) is 17.6. The number of hydrogen-bond acceptors (Lipinski definition) is 4. The van der Waals surface area contributed by atoms with Crippen LogP contribution in [0.5, 0.6) is 0 Å². The average Bonchev–Trinajstić information content (AvgIpc) is 2.92. The summed E-state index contributed by atoms with van der Waals surface area (Å²) in [5.41, 5.74) is 9.21. The zero-order chi connectivity index (χ0) is 20.2. The first-order valence-corrected chi connectivity index (χ1v) is 9.72. The molecule has 1 saturated heterocycles. The number of piperazine rings is 1. The van der Waals surface area contributed by atoms with Gasteiger partial charge in [0, 0.05) is 44.5 Å². The Balaban J connectivity index is 1.96. The molecule has 1 aliphatic rings. The summed E-state index contributed by atoms with van der Waals surface area (Å²) >= 11 is 0. The van der Waals surface area contributed by atoms with Gasteiger partial charge < -0.3 is 20.3 Å². The Bertz CT molecular complexity index is 681. The van der Waals surface area contributed by atoms with Crippen LogP contribution < -0.4 is 5.73 Å². The molecule has 0 aromatic carbocycles. The van der Waals surface area contributed by atoms with Gasteiger partial charge in [0.15, 0.2) is 5.96 Å². The van der Waals surface area contributed by atoms with Gasteiger partial charge in [0.2, 0.25) is 0 Å². The van der Waals surface area contributed by atoms with Crippen molar-refractivity contribution in [2.24, 2.45) is 17.8 Å². The third-order valence-corrected chi connectivity index (χ3v) is 4.68. The van der Waals surface area contributed by atoms with Gasteiger partial charge in [-0.15, -0.1) is 0 Å². The Kier molecular flexibility index (Phi) is 6.73. The van der Waals surface area contributed by atoms with Crippen molar-refractivity contribution in [3.8, 4) is 0 Å². The van der Waals surface area contributed by atoms with Crippen molar-refractivity contribution in [2.75, 3.05) is 26.2 Å². The van der Waals surface area contributed by atoms with Crippen molar-refractivity contribution in [1.29, 1.82) is 0 Å². The SMILES string of the molecule is CCc1nn(C)c(CC)c1CN=C(N)N1CCN(C(=O)OC(C)(C)C)CC1. The smallest absolute Gasteiger partial charge is 0.410 e. The summed E-state index contributed by atoms with van der Waals surface area (Å²) in [4.78, 5) is 20.5. The van der Waals surface area contributed by atoms with Crippen LogP contribution in [0.2, 0.25) is 0 Å². The summed E-state index contributed by atoms with van der Waals surface area (Å²) in [6, 6.07) is 0. The van der Waals surface area contributed by atoms with Crippen LogP contribution in [-0.2, 0) is 31.2 Å². The minimum Gasteiger partial charge on any atom is -0.444 e. The molecule has 152 valence electrons. The van der Waals surface area contributed by atoms with E-state index in [0.29, 0.717) is 38.7 Å². The maximum atomic E-state index is 12.2. The van der Waals surface area contributed by atoms with Gasteiger partial charge in [-0.1, -0.05) is 13.8 Å². The fraction of sp³-hybridized carbons (Fsp3) is 0.737. The number of guanidine groups is 1. The number of aromatic nitrogens is 2. The van der Waals surface area contributed by atoms with E-state index in [1.807, 2.05) is 37.4 Å². The first-order valence-electron chi connectivity index (χ1n) is 9.72. The van der Waals surface area contributed by atoms with Crippen LogP contribution in [0.25, 0.3) is 0 Å². The number of nitrogens with zero attached hydrogens (tertiary/aromatic N) is 5. The highest BCUT2D eigenvalue weighted by molar-refractivity contribution is 5.78. The molecule has 0 aliphatic carbocycles. The zero-order valence-corrected chi connectivity index (χ0v) is 17.6. The summed E-state index contributed by atoms with van der Waals surface area (Å²) in [6.07, 6.45) is 1.53. The molecule has 1 aliphatic heterocycles. The largest absolute Gasteiger partial charge is 0.444 e. The molecule has 2 N–H and O–H groups in total. The van der Waals surface area contributed by atoms with Crippen molar-refractivity contribution < 1.29 is 9.53 Å². The Morgan fingerprint density at radius 1 is 1.15 bits per heavy atom. The molecule has 27 heavy (non-hydrogen) atoms. The molecule has 0 atom stereocenters. The number of carbonyl (C=O) groups is 1. The van der Waals surface area contributed by atoms with Gasteiger partial charge in [-0.05, 0) is 33.6 Å². The van der Waals surface area contributed by atoms with E-state index in [0.717, 1.165) is 18.5 Å². The number of amides is 1. The van der Waals surface area contributed by atoms with E-state index in [1.165, 1.54) is 11.3 Å². The van der Waals surface area contributed by atoms with Crippen molar-refractivity contribution in [3.05, 3.63) is 17.0 Å². The first kappa shape index (κ1) is 21.1. The molecule has 0 unspecified atom stereocenters. The van der Waals surface area contributed by atoms with Crippen LogP contribution >= 0.6 is 0 Å². The number of ether oxygens (including phenoxy) is 1. The standard InChI is InChI=1S/C19H34N6O2/c1-7-15-14(16(8-2)23(6)22-15)13-21-17(20)24-9-11-25(12-10-24)18(26)27-19(3,4)5/h7-13H2,1-6H3,(H2,20,21). The number of carbonyl (C=O) groups excluding carboxylic acids is 1. The lowest BCUT2D eigenvalue weighted by Crippen LogP contribution is -2.53. The summed E-state index contributed by atoms with van der Waals surface area (Å²) in [5, 5.41) is 4.58. The normalized spacial score (nSPS) is 16.0. The second-order valence-electron chi connectivity index (χ2n) is 7.83. The average molecular weight is 379 g/mol. The van der Waals surface area contributed by atoms with Gasteiger partial charge in [-0.25, -0.2) is 9.79 Å². The van der Waals surface area contributed by atoms with E-state index < -0.39 is 5.60 Å². The predicted molar refractivity (Wildman–Crippen MR) is 107 cm³/mol. The highest BCUT2D eigenvalue weighted by atomic mass is 16.6. The molecular formula is C19H34N6O2. The van der Waals surface area contributed by atoms with Crippen molar-refractivity contribution >= 4 is 12.1 Å². The topological polar surface area (TPSA) is 89.0 Å². The fourth-order valence-electron chi connectivity index (χ4n) is 3.28. The summed E-state index contributed by atoms with van der Waals surface area (Å²) in [6.45, 7) is 12.9. The second-order valence-corrected chi connectivity index (χ2v) is 7.83. The molecule has 0 spiro atoms. The van der Waals surface area contributed by atoms with Crippen molar-refractivity contribution in [3.63, 3.8) is 0 Å². The molecule has 2 rings (SSSR count). The lowest BCUT2D eigenvalue weighted by Gasteiger charge is -2.36. The monoisotopic (exact) mass is 378 g/mol. The molecule has 8 heteroatoms. The van der Waals surface area contributed by atoms with Crippen LogP contribution in [0, 0.1) is 0 Å². The summed E-state index contributed by atoms with van der Waals surface area (Å²) in [5.74, 6) is 0.520. The number of aliphatic imine (C=N–C) groups is 1. The Morgan fingerprint density at radius 2 is 1.74 bits per heavy atom. The van der Waals surface area contributed by atoms with E-state index in [-0.39, 0.29) is 6.09 Å². The number of hydrogen-bond donors (Lipinski definition) is 1. The maximum Gasteiger partial charge on any atom is 0.410 e. The van der Waals surface area contributed by atoms with E-state index >= 15 is 0 Å². The highest BCUT2D eigenvalue weighted by Gasteiger charge is 2.26. The molecule has 8 nitrogen and oxygen atoms in total. The van der Waals surface area contributed by atoms with Crippen LogP contribution in [0.1, 0.15) is 51.6 Å². The Labute approximate surface area is 162 Å². The third-order valence-electron chi connectivity index (χ3n) is 4.68. The van der Waals surface area contributed by atoms with E-state index in [2.05, 4.69) is 23.9 Å². The lowest BCUT2D eigenvalue weighted by atomic mass is 10.1. The van der Waals surface area contributed by atoms with Gasteiger partial charge in [0.1, 0.15) is 5.60 Å². The maximum absolute atomic E-state index is 12.2. The second kappa shape index (κ2) is 8.63. The van der Waals surface area contributed by atoms with Gasteiger partial charge >= 0.3 is 6.09 Å².